The fraction of sp³-hybridized carbons (Fsp3) is 0.600. The van der Waals surface area contributed by atoms with Crippen LogP contribution in [0.4, 0.5) is 0 Å². The van der Waals surface area contributed by atoms with Crippen molar-refractivity contribution in [3.05, 3.63) is 0 Å². The first kappa shape index (κ1) is 24.0. The fourth-order valence-corrected chi connectivity index (χ4v) is 2.02. The molecule has 0 aromatic carbocycles. The minimum absolute atomic E-state index is 0.0147. The molecule has 152 valence electrons. The first-order valence-electron chi connectivity index (χ1n) is 8.23. The van der Waals surface area contributed by atoms with Crippen molar-refractivity contribution in [3.8, 4) is 0 Å². The maximum atomic E-state index is 12.3. The molecule has 12 heteroatoms. The zero-order chi connectivity index (χ0) is 21.0. The van der Waals surface area contributed by atoms with Crippen molar-refractivity contribution < 1.29 is 28.8 Å². The van der Waals surface area contributed by atoms with Gasteiger partial charge >= 0.3 is 0 Å². The molecule has 0 heterocycles. The van der Waals surface area contributed by atoms with Gasteiger partial charge in [-0.25, -0.2) is 0 Å². The minimum Gasteiger partial charge on any atom is -0.370 e. The molecule has 10 N–H and O–H groups in total. The largest absolute Gasteiger partial charge is 0.370 e. The third-order valence-electron chi connectivity index (χ3n) is 3.54. The quantitative estimate of drug-likeness (QED) is 0.163. The van der Waals surface area contributed by atoms with Gasteiger partial charge in [0.2, 0.25) is 29.5 Å². The van der Waals surface area contributed by atoms with Gasteiger partial charge in [-0.1, -0.05) is 0 Å². The number of hydrogen-bond donors (Lipinski definition) is 6. The molecular formula is C15H26N6O6. The number of amides is 5. The molecule has 27 heavy (non-hydrogen) atoms. The number of carbonyl (C=O) groups excluding carboxylic acids is 6. The predicted octanol–water partition coefficient (Wildman–Crippen LogP) is -3.72. The SMILES string of the molecule is NC(=O)CC[C@@H](C=O)NC(=O)[C@H](CCC(N)=O)NC(=O)[C@@H](N)CCC(N)=O. The van der Waals surface area contributed by atoms with E-state index in [0.717, 1.165) is 0 Å². The van der Waals surface area contributed by atoms with Crippen molar-refractivity contribution in [1.82, 2.24) is 10.6 Å². The lowest BCUT2D eigenvalue weighted by atomic mass is 10.1. The van der Waals surface area contributed by atoms with E-state index in [-0.39, 0.29) is 38.5 Å². The monoisotopic (exact) mass is 386 g/mol. The van der Waals surface area contributed by atoms with Crippen molar-refractivity contribution in [2.24, 2.45) is 22.9 Å². The molecule has 0 radical (unpaired) electrons. The van der Waals surface area contributed by atoms with E-state index in [2.05, 4.69) is 10.6 Å². The second-order valence-corrected chi connectivity index (χ2v) is 5.93. The summed E-state index contributed by atoms with van der Waals surface area (Å²) < 4.78 is 0. The Bertz CT molecular complexity index is 581. The van der Waals surface area contributed by atoms with Gasteiger partial charge in [0.15, 0.2) is 0 Å². The average Bonchev–Trinajstić information content (AvgIpc) is 2.58. The second kappa shape index (κ2) is 12.4. The van der Waals surface area contributed by atoms with Crippen LogP contribution >= 0.6 is 0 Å². The van der Waals surface area contributed by atoms with Crippen LogP contribution in [0.5, 0.6) is 0 Å². The third kappa shape index (κ3) is 11.3. The lowest BCUT2D eigenvalue weighted by Gasteiger charge is -2.22. The topological polar surface area (TPSA) is 231 Å². The Morgan fingerprint density at radius 3 is 1.70 bits per heavy atom. The highest BCUT2D eigenvalue weighted by Crippen LogP contribution is 2.03. The zero-order valence-corrected chi connectivity index (χ0v) is 14.8. The van der Waals surface area contributed by atoms with Crippen LogP contribution in [-0.2, 0) is 28.8 Å². The number of nitrogens with one attached hydrogen (secondary N) is 2. The first-order chi connectivity index (χ1) is 12.6. The second-order valence-electron chi connectivity index (χ2n) is 5.93. The van der Waals surface area contributed by atoms with Crippen LogP contribution < -0.4 is 33.6 Å². The van der Waals surface area contributed by atoms with E-state index in [1.165, 1.54) is 0 Å². The Balaban J connectivity index is 4.94. The van der Waals surface area contributed by atoms with Crippen LogP contribution in [-0.4, -0.2) is 53.9 Å². The van der Waals surface area contributed by atoms with Crippen LogP contribution in [0.1, 0.15) is 38.5 Å². The minimum atomic E-state index is -1.19. The van der Waals surface area contributed by atoms with Gasteiger partial charge in [-0.05, 0) is 19.3 Å². The zero-order valence-electron chi connectivity index (χ0n) is 14.8. The van der Waals surface area contributed by atoms with E-state index < -0.39 is 47.7 Å². The molecule has 0 saturated carbocycles. The molecule has 0 aliphatic heterocycles. The number of hydrogen-bond acceptors (Lipinski definition) is 7. The Hall–Kier alpha value is -3.02. The lowest BCUT2D eigenvalue weighted by molar-refractivity contribution is -0.131. The van der Waals surface area contributed by atoms with Crippen LogP contribution in [0.25, 0.3) is 0 Å². The number of carbonyl (C=O) groups is 6. The lowest BCUT2D eigenvalue weighted by Crippen LogP contribution is -2.53. The molecule has 0 rings (SSSR count). The van der Waals surface area contributed by atoms with E-state index in [4.69, 9.17) is 22.9 Å². The van der Waals surface area contributed by atoms with Crippen LogP contribution in [0.15, 0.2) is 0 Å². The smallest absolute Gasteiger partial charge is 0.243 e. The van der Waals surface area contributed by atoms with Gasteiger partial charge in [0, 0.05) is 19.3 Å². The summed E-state index contributed by atoms with van der Waals surface area (Å²) in [5.74, 6) is -3.46. The number of rotatable bonds is 14. The van der Waals surface area contributed by atoms with Crippen LogP contribution in [0.3, 0.4) is 0 Å². The van der Waals surface area contributed by atoms with Gasteiger partial charge in [0.05, 0.1) is 12.1 Å². The molecule has 0 aromatic rings. The summed E-state index contributed by atoms with van der Waals surface area (Å²) in [6, 6.07) is -3.29. The normalized spacial score (nSPS) is 13.7. The molecule has 0 bridgehead atoms. The number of primary amides is 3. The Labute approximate surface area is 155 Å². The molecule has 0 saturated heterocycles. The summed E-state index contributed by atoms with van der Waals surface area (Å²) in [5.41, 5.74) is 20.7. The number of nitrogens with two attached hydrogens (primary N) is 4. The molecule has 0 aliphatic carbocycles. The Kier molecular flexibility index (Phi) is 11.0. The Morgan fingerprint density at radius 1 is 0.741 bits per heavy atom. The van der Waals surface area contributed by atoms with Gasteiger partial charge in [-0.2, -0.15) is 0 Å². The molecule has 0 spiro atoms. The summed E-state index contributed by atoms with van der Waals surface area (Å²) in [7, 11) is 0. The van der Waals surface area contributed by atoms with Crippen LogP contribution in [0, 0.1) is 0 Å². The summed E-state index contributed by atoms with van der Waals surface area (Å²) in [4.78, 5) is 67.9. The molecule has 0 aliphatic rings. The molecule has 0 aromatic heterocycles. The maximum Gasteiger partial charge on any atom is 0.243 e. The summed E-state index contributed by atoms with van der Waals surface area (Å²) in [6.07, 6.45) is -0.196. The highest BCUT2D eigenvalue weighted by Gasteiger charge is 2.26. The van der Waals surface area contributed by atoms with E-state index in [9.17, 15) is 28.8 Å². The molecular weight excluding hydrogens is 360 g/mol. The van der Waals surface area contributed by atoms with Crippen molar-refractivity contribution in [1.29, 1.82) is 0 Å². The maximum absolute atomic E-state index is 12.3. The van der Waals surface area contributed by atoms with Gasteiger partial charge in [-0.3, -0.25) is 24.0 Å². The standard InChI is InChI=1S/C15H26N6O6/c16-9(2-5-12(18)24)14(26)21-10(3-6-13(19)25)15(27)20-8(7-22)1-4-11(17)23/h7-10H,1-6,16H2,(H2,17,23)(H2,18,24)(H2,19,25)(H,20,27)(H,21,26)/t8-,9-,10-/m0/s1. The van der Waals surface area contributed by atoms with Gasteiger partial charge < -0.3 is 38.4 Å². The van der Waals surface area contributed by atoms with Crippen molar-refractivity contribution in [2.45, 2.75) is 56.7 Å². The molecule has 12 nitrogen and oxygen atoms in total. The van der Waals surface area contributed by atoms with Gasteiger partial charge in [0.25, 0.3) is 0 Å². The van der Waals surface area contributed by atoms with E-state index >= 15 is 0 Å². The van der Waals surface area contributed by atoms with Crippen molar-refractivity contribution >= 4 is 35.8 Å². The summed E-state index contributed by atoms with van der Waals surface area (Å²) in [6.45, 7) is 0. The summed E-state index contributed by atoms with van der Waals surface area (Å²) in [5, 5.41) is 4.69. The molecule has 3 atom stereocenters. The van der Waals surface area contributed by atoms with Crippen molar-refractivity contribution in [3.63, 3.8) is 0 Å². The van der Waals surface area contributed by atoms with Gasteiger partial charge in [0.1, 0.15) is 12.3 Å². The van der Waals surface area contributed by atoms with E-state index in [1.54, 1.807) is 0 Å². The molecule has 0 unspecified atom stereocenters. The highest BCUT2D eigenvalue weighted by molar-refractivity contribution is 5.91. The molecule has 0 fully saturated rings. The highest BCUT2D eigenvalue weighted by atomic mass is 16.2. The van der Waals surface area contributed by atoms with E-state index in [0.29, 0.717) is 6.29 Å². The van der Waals surface area contributed by atoms with Crippen molar-refractivity contribution in [2.75, 3.05) is 0 Å². The summed E-state index contributed by atoms with van der Waals surface area (Å²) >= 11 is 0. The van der Waals surface area contributed by atoms with Gasteiger partial charge in [-0.15, -0.1) is 0 Å². The Morgan fingerprint density at radius 2 is 1.22 bits per heavy atom. The average molecular weight is 386 g/mol. The molecule has 5 amide bonds. The third-order valence-corrected chi connectivity index (χ3v) is 3.54. The van der Waals surface area contributed by atoms with Crippen LogP contribution in [0.2, 0.25) is 0 Å². The fourth-order valence-electron chi connectivity index (χ4n) is 2.02. The first-order valence-corrected chi connectivity index (χ1v) is 8.23. The van der Waals surface area contributed by atoms with E-state index in [1.807, 2.05) is 0 Å². The number of aldehydes is 1. The predicted molar refractivity (Wildman–Crippen MR) is 93.2 cm³/mol.